The van der Waals surface area contributed by atoms with Crippen LogP contribution in [0.15, 0.2) is 0 Å². The molecule has 5 aliphatic rings. The number of aliphatic hydroxyl groups is 8. The van der Waals surface area contributed by atoms with E-state index in [-0.39, 0.29) is 32.6 Å². The molecule has 1 aliphatic carbocycles. The number of ether oxygens (including phenoxy) is 6. The van der Waals surface area contributed by atoms with E-state index in [9.17, 15) is 45.6 Å². The molecule has 0 radical (unpaired) electrons. The number of β-amino-alcohol motifs (C(OH)–C–C–N with tert-alkyl or cyclic N) is 1. The third kappa shape index (κ3) is 7.60. The summed E-state index contributed by atoms with van der Waals surface area (Å²) in [6.07, 6.45) is -21.5. The van der Waals surface area contributed by atoms with Crippen molar-refractivity contribution < 1.29 is 74.1 Å². The molecule has 5 fully saturated rings. The summed E-state index contributed by atoms with van der Waals surface area (Å²) in [6.45, 7) is -1.16. The summed E-state index contributed by atoms with van der Waals surface area (Å²) in [5, 5.41) is 90.3. The van der Waals surface area contributed by atoms with Gasteiger partial charge in [-0.2, -0.15) is 0 Å². The Bertz CT molecular complexity index is 1110. The highest BCUT2D eigenvalue weighted by molar-refractivity contribution is 5.87. The zero-order chi connectivity index (χ0) is 35.9. The van der Waals surface area contributed by atoms with Crippen molar-refractivity contribution in [1.82, 2.24) is 10.6 Å². The second kappa shape index (κ2) is 15.7. The van der Waals surface area contributed by atoms with Crippen LogP contribution < -0.4 is 39.3 Å². The number of nitrogens with two attached hydrogens (primary N) is 5. The van der Waals surface area contributed by atoms with Crippen molar-refractivity contribution in [2.24, 2.45) is 28.7 Å². The summed E-state index contributed by atoms with van der Waals surface area (Å²) < 4.78 is 35.1. The minimum absolute atomic E-state index is 0.0187. The van der Waals surface area contributed by atoms with E-state index in [0.29, 0.717) is 0 Å². The first-order chi connectivity index (χ1) is 23.1. The fourth-order valence-corrected chi connectivity index (χ4v) is 6.68. The molecule has 1 saturated carbocycles. The predicted octanol–water partition coefficient (Wildman–Crippen LogP) is -10.4. The van der Waals surface area contributed by atoms with Crippen molar-refractivity contribution in [2.75, 3.05) is 32.8 Å². The van der Waals surface area contributed by atoms with Gasteiger partial charge < -0.3 is 109 Å². The van der Waals surface area contributed by atoms with E-state index < -0.39 is 134 Å². The maximum absolute atomic E-state index is 12.9. The van der Waals surface area contributed by atoms with Crippen LogP contribution in [0.3, 0.4) is 0 Å². The molecule has 4 aliphatic heterocycles. The minimum Gasteiger partial charge on any atom is -0.394 e. The van der Waals surface area contributed by atoms with Crippen LogP contribution in [0.5, 0.6) is 0 Å². The second-order valence-electron chi connectivity index (χ2n) is 13.3. The molecule has 0 aromatic heterocycles. The highest BCUT2D eigenvalue weighted by atomic mass is 16.8. The van der Waals surface area contributed by atoms with Gasteiger partial charge in [0.2, 0.25) is 0 Å². The summed E-state index contributed by atoms with van der Waals surface area (Å²) >= 11 is 0. The third-order valence-corrected chi connectivity index (χ3v) is 9.90. The Kier molecular flexibility index (Phi) is 12.5. The molecule has 4 saturated heterocycles. The first-order valence-electron chi connectivity index (χ1n) is 16.2. The van der Waals surface area contributed by atoms with Gasteiger partial charge in [-0.05, 0) is 6.42 Å². The van der Waals surface area contributed by atoms with Crippen LogP contribution in [0.4, 0.5) is 0 Å². The lowest BCUT2D eigenvalue weighted by atomic mass is 9.83. The van der Waals surface area contributed by atoms with Crippen LogP contribution in [0.1, 0.15) is 6.42 Å². The molecule has 22 nitrogen and oxygen atoms in total. The summed E-state index contributed by atoms with van der Waals surface area (Å²) in [7, 11) is 0. The van der Waals surface area contributed by atoms with Gasteiger partial charge in [-0.25, -0.2) is 0 Å². The van der Waals surface area contributed by atoms with Crippen LogP contribution in [0.25, 0.3) is 0 Å². The summed E-state index contributed by atoms with van der Waals surface area (Å²) in [6, 6.07) is -4.76. The van der Waals surface area contributed by atoms with E-state index in [2.05, 4.69) is 10.6 Å². The van der Waals surface area contributed by atoms with Gasteiger partial charge in [-0.3, -0.25) is 4.79 Å². The Morgan fingerprint density at radius 3 is 1.67 bits per heavy atom. The Morgan fingerprint density at radius 2 is 1.20 bits per heavy atom. The van der Waals surface area contributed by atoms with Crippen LogP contribution >= 0.6 is 0 Å². The number of amides is 1. The third-order valence-electron chi connectivity index (χ3n) is 9.90. The van der Waals surface area contributed by atoms with E-state index in [4.69, 9.17) is 57.1 Å². The highest BCUT2D eigenvalue weighted by Crippen LogP contribution is 2.35. The minimum atomic E-state index is -1.72. The lowest BCUT2D eigenvalue weighted by Gasteiger charge is -2.48. The lowest BCUT2D eigenvalue weighted by molar-refractivity contribution is -0.307. The van der Waals surface area contributed by atoms with Gasteiger partial charge in [-0.15, -0.1) is 0 Å². The zero-order valence-electron chi connectivity index (χ0n) is 26.5. The summed E-state index contributed by atoms with van der Waals surface area (Å²) in [5.41, 5.74) is 28.2. The fourth-order valence-electron chi connectivity index (χ4n) is 6.68. The number of carbonyl (C=O) groups excluding carboxylic acids is 1. The maximum atomic E-state index is 12.9. The van der Waals surface area contributed by atoms with Gasteiger partial charge in [0.15, 0.2) is 24.5 Å². The average Bonchev–Trinajstić information content (AvgIpc) is 3.36. The zero-order valence-corrected chi connectivity index (χ0v) is 26.5. The SMILES string of the molecule is NCC1OC(OC2C(CO)OC(OC3C(O)C(NC(=O)C4(O)CNC4)CC(N)C3OC3OC(CN)C(O)C(O)C3N)C2O)C(N)C(O)C1O. The predicted molar refractivity (Wildman–Crippen MR) is 160 cm³/mol. The first-order valence-corrected chi connectivity index (χ1v) is 16.2. The van der Waals surface area contributed by atoms with E-state index >= 15 is 0 Å². The van der Waals surface area contributed by atoms with Crippen LogP contribution in [-0.4, -0.2) is 201 Å². The molecule has 49 heavy (non-hydrogen) atoms. The molecule has 0 spiro atoms. The molecule has 0 aromatic carbocycles. The number of nitrogens with one attached hydrogen (secondary N) is 2. The Labute approximate surface area is 280 Å². The van der Waals surface area contributed by atoms with Crippen LogP contribution in [-0.2, 0) is 33.2 Å². The smallest absolute Gasteiger partial charge is 0.254 e. The molecule has 22 heteroatoms. The Hall–Kier alpha value is -1.33. The van der Waals surface area contributed by atoms with Gasteiger partial charge in [0.05, 0.1) is 24.7 Å². The molecule has 0 bridgehead atoms. The lowest BCUT2D eigenvalue weighted by Crippen LogP contribution is -2.72. The van der Waals surface area contributed by atoms with Gasteiger partial charge >= 0.3 is 0 Å². The number of hydrogen-bond acceptors (Lipinski definition) is 21. The number of rotatable bonds is 11. The Balaban J connectivity index is 1.36. The molecule has 1 amide bonds. The van der Waals surface area contributed by atoms with E-state index in [0.717, 1.165) is 0 Å². The van der Waals surface area contributed by atoms with Crippen molar-refractivity contribution in [3.05, 3.63) is 0 Å². The Morgan fingerprint density at radius 1 is 0.714 bits per heavy atom. The molecule has 19 atom stereocenters. The number of hydrogen-bond donors (Lipinski definition) is 15. The van der Waals surface area contributed by atoms with Crippen molar-refractivity contribution in [1.29, 1.82) is 0 Å². The molecule has 284 valence electrons. The van der Waals surface area contributed by atoms with Crippen LogP contribution in [0.2, 0.25) is 0 Å². The van der Waals surface area contributed by atoms with Crippen LogP contribution in [0, 0.1) is 0 Å². The summed E-state index contributed by atoms with van der Waals surface area (Å²) in [4.78, 5) is 12.9. The van der Waals surface area contributed by atoms with Gasteiger partial charge in [-0.1, -0.05) is 0 Å². The molecule has 5 rings (SSSR count). The van der Waals surface area contributed by atoms with Crippen molar-refractivity contribution in [3.8, 4) is 0 Å². The standard InChI is InChI=1S/C27H51N7O15/c28-2-9-15(37)17(39)12(31)23(44-9)47-20-7(30)1-8(34-26(42)27(43)5-33-6-27)14(36)22(20)49-25-19(41)21(11(4-35)46-25)48-24-13(32)18(40)16(38)10(3-29)45-24/h7-25,33,35-41,43H,1-6,28-32H2,(H,34,42). The van der Waals surface area contributed by atoms with Gasteiger partial charge in [0.1, 0.15) is 73.2 Å². The molecular weight excluding hydrogens is 662 g/mol. The molecular formula is C27H51N7O15. The normalized spacial score (nSPS) is 50.1. The highest BCUT2D eigenvalue weighted by Gasteiger charge is 2.55. The number of aliphatic hydroxyl groups excluding tert-OH is 7. The van der Waals surface area contributed by atoms with E-state index in [1.165, 1.54) is 0 Å². The summed E-state index contributed by atoms with van der Waals surface area (Å²) in [5.74, 6) is -0.779. The van der Waals surface area contributed by atoms with Crippen molar-refractivity contribution in [3.63, 3.8) is 0 Å². The van der Waals surface area contributed by atoms with Crippen molar-refractivity contribution >= 4 is 5.91 Å². The van der Waals surface area contributed by atoms with Gasteiger partial charge in [0.25, 0.3) is 5.91 Å². The maximum Gasteiger partial charge on any atom is 0.254 e. The quantitative estimate of drug-likeness (QED) is 0.0944. The van der Waals surface area contributed by atoms with Gasteiger partial charge in [0, 0.05) is 32.2 Å². The molecule has 4 heterocycles. The molecule has 20 N–H and O–H groups in total. The monoisotopic (exact) mass is 713 g/mol. The first kappa shape index (κ1) is 38.9. The molecule has 19 unspecified atom stereocenters. The van der Waals surface area contributed by atoms with E-state index in [1.807, 2.05) is 0 Å². The van der Waals surface area contributed by atoms with Crippen molar-refractivity contribution in [2.45, 2.75) is 128 Å². The second-order valence-corrected chi connectivity index (χ2v) is 13.3. The fraction of sp³-hybridized carbons (Fsp3) is 0.963. The largest absolute Gasteiger partial charge is 0.394 e. The average molecular weight is 714 g/mol. The molecule has 0 aromatic rings. The number of carbonyl (C=O) groups is 1. The van der Waals surface area contributed by atoms with E-state index in [1.54, 1.807) is 0 Å². The topological polar surface area (TPSA) is 388 Å².